The fourth-order valence-electron chi connectivity index (χ4n) is 1.53. The van der Waals surface area contributed by atoms with Gasteiger partial charge in [0.2, 0.25) is 5.91 Å². The molecule has 1 aliphatic carbocycles. The molecular formula is C12H12Cl2N2O3. The normalized spacial score (nSPS) is 19.4. The summed E-state index contributed by atoms with van der Waals surface area (Å²) < 4.78 is 3.53. The van der Waals surface area contributed by atoms with Crippen LogP contribution in [0.15, 0.2) is 24.3 Å². The van der Waals surface area contributed by atoms with Crippen LogP contribution >= 0.6 is 23.2 Å². The van der Waals surface area contributed by atoms with Gasteiger partial charge < -0.3 is 10.1 Å². The second-order valence-corrected chi connectivity index (χ2v) is 5.74. The van der Waals surface area contributed by atoms with Gasteiger partial charge in [-0.2, -0.15) is 0 Å². The van der Waals surface area contributed by atoms with Gasteiger partial charge in [-0.25, -0.2) is 4.79 Å². The second-order valence-electron chi connectivity index (χ2n) is 4.20. The number of carbonyl (C=O) groups is 2. The summed E-state index contributed by atoms with van der Waals surface area (Å²) >= 11 is 11.6. The third-order valence-corrected chi connectivity index (χ3v) is 3.56. The number of rotatable bonds is 3. The van der Waals surface area contributed by atoms with E-state index >= 15 is 0 Å². The standard InChI is InChI=1S/C12H12Cl2N2O3/c1-19-11(18)16-8-4-2-7(3-5-8)15-10(17)9-6-12(9,13)14/h2-5,9H,6H2,1H3,(H,15,17)(H,16,18)/t9-/m0/s1. The van der Waals surface area contributed by atoms with Crippen LogP contribution in [0.1, 0.15) is 6.42 Å². The lowest BCUT2D eigenvalue weighted by atomic mass is 10.2. The summed E-state index contributed by atoms with van der Waals surface area (Å²) in [6.07, 6.45) is -0.0898. The first-order valence-electron chi connectivity index (χ1n) is 5.56. The van der Waals surface area contributed by atoms with Gasteiger partial charge >= 0.3 is 6.09 Å². The molecule has 7 heteroatoms. The third-order valence-electron chi connectivity index (χ3n) is 2.73. The molecule has 2 amide bonds. The number of hydrogen-bond acceptors (Lipinski definition) is 3. The Labute approximate surface area is 120 Å². The highest BCUT2D eigenvalue weighted by molar-refractivity contribution is 6.52. The van der Waals surface area contributed by atoms with E-state index in [2.05, 4.69) is 15.4 Å². The number of alkyl halides is 2. The summed E-state index contributed by atoms with van der Waals surface area (Å²) in [4.78, 5) is 22.7. The van der Waals surface area contributed by atoms with Gasteiger partial charge in [-0.05, 0) is 30.7 Å². The summed E-state index contributed by atoms with van der Waals surface area (Å²) in [5.41, 5.74) is 1.18. The van der Waals surface area contributed by atoms with Gasteiger partial charge in [0, 0.05) is 11.4 Å². The number of benzene rings is 1. The van der Waals surface area contributed by atoms with Crippen molar-refractivity contribution in [1.82, 2.24) is 0 Å². The number of amides is 2. The average molecular weight is 303 g/mol. The van der Waals surface area contributed by atoms with E-state index in [0.29, 0.717) is 17.8 Å². The SMILES string of the molecule is COC(=O)Nc1ccc(NC(=O)[C@@H]2CC2(Cl)Cl)cc1. The lowest BCUT2D eigenvalue weighted by Crippen LogP contribution is -2.17. The van der Waals surface area contributed by atoms with E-state index in [9.17, 15) is 9.59 Å². The maximum absolute atomic E-state index is 11.7. The monoisotopic (exact) mass is 302 g/mol. The van der Waals surface area contributed by atoms with Crippen molar-refractivity contribution in [3.8, 4) is 0 Å². The predicted octanol–water partition coefficient (Wildman–Crippen LogP) is 3.00. The molecule has 0 radical (unpaired) electrons. The van der Waals surface area contributed by atoms with Crippen molar-refractivity contribution in [1.29, 1.82) is 0 Å². The average Bonchev–Trinajstić information content (AvgIpc) is 3.01. The molecule has 5 nitrogen and oxygen atoms in total. The molecule has 0 spiro atoms. The van der Waals surface area contributed by atoms with E-state index in [1.54, 1.807) is 24.3 Å². The Kier molecular flexibility index (Phi) is 3.87. The van der Waals surface area contributed by atoms with Crippen molar-refractivity contribution in [2.24, 2.45) is 5.92 Å². The Morgan fingerprint density at radius 3 is 2.11 bits per heavy atom. The highest BCUT2D eigenvalue weighted by Gasteiger charge is 2.56. The Hall–Kier alpha value is -1.46. The predicted molar refractivity (Wildman–Crippen MR) is 73.6 cm³/mol. The van der Waals surface area contributed by atoms with Crippen LogP contribution in [-0.2, 0) is 9.53 Å². The van der Waals surface area contributed by atoms with E-state index in [4.69, 9.17) is 23.2 Å². The van der Waals surface area contributed by atoms with E-state index < -0.39 is 10.4 Å². The van der Waals surface area contributed by atoms with Gasteiger partial charge in [-0.1, -0.05) is 0 Å². The number of carbonyl (C=O) groups excluding carboxylic acids is 2. The van der Waals surface area contributed by atoms with Crippen molar-refractivity contribution >= 4 is 46.6 Å². The third kappa shape index (κ3) is 3.52. The topological polar surface area (TPSA) is 67.4 Å². The fraction of sp³-hybridized carbons (Fsp3) is 0.333. The van der Waals surface area contributed by atoms with Crippen LogP contribution in [0, 0.1) is 5.92 Å². The van der Waals surface area contributed by atoms with Crippen molar-refractivity contribution in [3.05, 3.63) is 24.3 Å². The molecule has 0 heterocycles. The lowest BCUT2D eigenvalue weighted by Gasteiger charge is -2.07. The highest BCUT2D eigenvalue weighted by Crippen LogP contribution is 2.53. The van der Waals surface area contributed by atoms with Crippen LogP contribution in [0.4, 0.5) is 16.2 Å². The van der Waals surface area contributed by atoms with E-state index in [-0.39, 0.29) is 11.8 Å². The first-order valence-corrected chi connectivity index (χ1v) is 6.32. The number of ether oxygens (including phenoxy) is 1. The number of hydrogen-bond donors (Lipinski definition) is 2. The lowest BCUT2D eigenvalue weighted by molar-refractivity contribution is -0.117. The Morgan fingerprint density at radius 2 is 1.68 bits per heavy atom. The van der Waals surface area contributed by atoms with Gasteiger partial charge in [-0.3, -0.25) is 10.1 Å². The second kappa shape index (κ2) is 5.27. The molecule has 1 aromatic rings. The molecule has 0 aliphatic heterocycles. The summed E-state index contributed by atoms with van der Waals surface area (Å²) in [7, 11) is 1.28. The van der Waals surface area contributed by atoms with E-state index in [1.807, 2.05) is 0 Å². The molecule has 1 atom stereocenters. The van der Waals surface area contributed by atoms with Gasteiger partial charge in [0.05, 0.1) is 13.0 Å². The molecule has 19 heavy (non-hydrogen) atoms. The smallest absolute Gasteiger partial charge is 0.411 e. The van der Waals surface area contributed by atoms with Crippen LogP contribution in [0.5, 0.6) is 0 Å². The minimum Gasteiger partial charge on any atom is -0.453 e. The van der Waals surface area contributed by atoms with Crippen LogP contribution in [0.25, 0.3) is 0 Å². The quantitative estimate of drug-likeness (QED) is 0.844. The van der Waals surface area contributed by atoms with Gasteiger partial charge in [0.15, 0.2) is 0 Å². The molecule has 1 aromatic carbocycles. The number of halogens is 2. The van der Waals surface area contributed by atoms with Crippen LogP contribution < -0.4 is 10.6 Å². The van der Waals surface area contributed by atoms with Gasteiger partial charge in [-0.15, -0.1) is 23.2 Å². The van der Waals surface area contributed by atoms with E-state index in [1.165, 1.54) is 7.11 Å². The number of methoxy groups -OCH3 is 1. The van der Waals surface area contributed by atoms with Crippen molar-refractivity contribution in [2.75, 3.05) is 17.7 Å². The molecule has 1 saturated carbocycles. The minimum absolute atomic E-state index is 0.210. The maximum Gasteiger partial charge on any atom is 0.411 e. The maximum atomic E-state index is 11.7. The van der Waals surface area contributed by atoms with Crippen molar-refractivity contribution in [3.63, 3.8) is 0 Å². The van der Waals surface area contributed by atoms with Crippen LogP contribution in [0.2, 0.25) is 0 Å². The summed E-state index contributed by atoms with van der Waals surface area (Å²) in [6.45, 7) is 0. The molecule has 0 bridgehead atoms. The summed E-state index contributed by atoms with van der Waals surface area (Å²) in [5, 5.41) is 5.21. The zero-order valence-corrected chi connectivity index (χ0v) is 11.6. The molecule has 2 rings (SSSR count). The molecule has 2 N–H and O–H groups in total. The Morgan fingerprint density at radius 1 is 1.21 bits per heavy atom. The summed E-state index contributed by atoms with van der Waals surface area (Å²) in [6, 6.07) is 6.62. The van der Waals surface area contributed by atoms with Crippen molar-refractivity contribution < 1.29 is 14.3 Å². The minimum atomic E-state index is -0.934. The Balaban J connectivity index is 1.92. The number of anilines is 2. The molecule has 1 fully saturated rings. The first kappa shape index (κ1) is 14.0. The highest BCUT2D eigenvalue weighted by atomic mass is 35.5. The van der Waals surface area contributed by atoms with Crippen molar-refractivity contribution in [2.45, 2.75) is 10.8 Å². The largest absolute Gasteiger partial charge is 0.453 e. The molecule has 0 saturated heterocycles. The Bertz CT molecular complexity index is 502. The molecule has 1 aliphatic rings. The van der Waals surface area contributed by atoms with E-state index in [0.717, 1.165) is 0 Å². The first-order chi connectivity index (χ1) is 8.92. The fourth-order valence-corrected chi connectivity index (χ4v) is 2.04. The van der Waals surface area contributed by atoms with Crippen LogP contribution in [0.3, 0.4) is 0 Å². The molecule has 102 valence electrons. The van der Waals surface area contributed by atoms with Gasteiger partial charge in [0.25, 0.3) is 0 Å². The molecule has 0 unspecified atom stereocenters. The zero-order chi connectivity index (χ0) is 14.0. The van der Waals surface area contributed by atoms with Gasteiger partial charge in [0.1, 0.15) is 4.33 Å². The summed E-state index contributed by atoms with van der Waals surface area (Å²) in [5.74, 6) is -0.581. The molecule has 0 aromatic heterocycles. The zero-order valence-electron chi connectivity index (χ0n) is 10.1. The number of nitrogens with one attached hydrogen (secondary N) is 2. The van der Waals surface area contributed by atoms with Crippen LogP contribution in [-0.4, -0.2) is 23.4 Å². The molecular weight excluding hydrogens is 291 g/mol.